The minimum absolute atomic E-state index is 0.0164. The van der Waals surface area contributed by atoms with Crippen LogP contribution in [0.4, 0.5) is 22.8 Å². The first-order valence-corrected chi connectivity index (χ1v) is 15.8. The number of hydrogen-bond donors (Lipinski definition) is 1. The molecule has 14 heteroatoms. The summed E-state index contributed by atoms with van der Waals surface area (Å²) < 4.78 is 64.0. The van der Waals surface area contributed by atoms with E-state index in [9.17, 15) is 22.8 Å². The Morgan fingerprint density at radius 3 is 2.38 bits per heavy atom. The van der Waals surface area contributed by atoms with Crippen LogP contribution in [0.15, 0.2) is 51.0 Å². The van der Waals surface area contributed by atoms with E-state index in [4.69, 9.17) is 18.7 Å². The van der Waals surface area contributed by atoms with Gasteiger partial charge in [0.2, 0.25) is 17.7 Å². The molecular weight excluding hydrogens is 631 g/mol. The highest BCUT2D eigenvalue weighted by atomic mass is 19.4. The van der Waals surface area contributed by atoms with Crippen LogP contribution in [0.5, 0.6) is 5.75 Å². The van der Waals surface area contributed by atoms with Crippen LogP contribution in [-0.2, 0) is 15.7 Å². The number of halogens is 3. The summed E-state index contributed by atoms with van der Waals surface area (Å²) in [5.41, 5.74) is -0.368. The monoisotopic (exact) mass is 677 g/mol. The largest absolute Gasteiger partial charge is 0.489 e. The minimum atomic E-state index is -4.71. The molecule has 1 atom stereocenters. The van der Waals surface area contributed by atoms with Crippen LogP contribution < -0.4 is 10.1 Å². The standard InChI is InChI=1S/C34H46F3N5O6/c1-21(2)12-10-13-22(3)17-19-45-26-16-15-23(20-24(26)34(35,36)37)27-38-28(48-41-27)25-14-11-18-42(25)29(39-30(43)46-32(4,5)6)40-31(44)47-33(7,8)9/h12,15-17,20,25H,10-11,13-14,18-19H2,1-9H3,(H,39,40,43,44)/b22-17+/t25-/m0/s1. The molecule has 1 fully saturated rings. The third-order valence-corrected chi connectivity index (χ3v) is 6.76. The average Bonchev–Trinajstić information content (AvgIpc) is 3.60. The van der Waals surface area contributed by atoms with Crippen molar-refractivity contribution in [3.8, 4) is 17.1 Å². The summed E-state index contributed by atoms with van der Waals surface area (Å²) in [5.74, 6) is -0.480. The Kier molecular flexibility index (Phi) is 12.5. The normalized spacial score (nSPS) is 16.1. The quantitative estimate of drug-likeness (QED) is 0.166. The lowest BCUT2D eigenvalue weighted by Crippen LogP contribution is -2.46. The summed E-state index contributed by atoms with van der Waals surface area (Å²) >= 11 is 0. The van der Waals surface area contributed by atoms with Gasteiger partial charge in [0.25, 0.3) is 0 Å². The van der Waals surface area contributed by atoms with Crippen LogP contribution in [0.3, 0.4) is 0 Å². The van der Waals surface area contributed by atoms with Gasteiger partial charge in [-0.1, -0.05) is 22.4 Å². The lowest BCUT2D eigenvalue weighted by atomic mass is 10.1. The number of carbonyl (C=O) groups is 2. The molecule has 48 heavy (non-hydrogen) atoms. The molecule has 1 aliphatic heterocycles. The van der Waals surface area contributed by atoms with E-state index in [0.29, 0.717) is 19.4 Å². The molecule has 11 nitrogen and oxygen atoms in total. The first kappa shape index (κ1) is 38.1. The van der Waals surface area contributed by atoms with E-state index in [1.54, 1.807) is 52.5 Å². The number of guanidine groups is 1. The van der Waals surface area contributed by atoms with Gasteiger partial charge in [-0.05, 0) is 112 Å². The van der Waals surface area contributed by atoms with Gasteiger partial charge in [0, 0.05) is 12.1 Å². The topological polar surface area (TPSA) is 128 Å². The Bertz CT molecular complexity index is 1530. The summed E-state index contributed by atoms with van der Waals surface area (Å²) in [6, 6.07) is 2.93. The number of alkyl halides is 3. The number of aliphatic imine (C=N–C) groups is 1. The number of rotatable bonds is 8. The van der Waals surface area contributed by atoms with E-state index in [0.717, 1.165) is 24.5 Å². The highest BCUT2D eigenvalue weighted by Crippen LogP contribution is 2.39. The van der Waals surface area contributed by atoms with Crippen LogP contribution in [0.1, 0.15) is 105 Å². The van der Waals surface area contributed by atoms with Gasteiger partial charge in [0.05, 0.1) is 5.56 Å². The second-order valence-corrected chi connectivity index (χ2v) is 13.7. The van der Waals surface area contributed by atoms with Gasteiger partial charge in [-0.15, -0.1) is 4.99 Å². The molecule has 1 saturated heterocycles. The number of alkyl carbamates (subject to hydrolysis) is 1. The lowest BCUT2D eigenvalue weighted by Gasteiger charge is -2.27. The zero-order valence-corrected chi connectivity index (χ0v) is 29.1. The first-order valence-electron chi connectivity index (χ1n) is 15.8. The van der Waals surface area contributed by atoms with E-state index in [2.05, 4.69) is 26.5 Å². The van der Waals surface area contributed by atoms with Gasteiger partial charge in [0.1, 0.15) is 29.6 Å². The van der Waals surface area contributed by atoms with Crippen molar-refractivity contribution >= 4 is 18.1 Å². The maximum Gasteiger partial charge on any atom is 0.437 e. The second-order valence-electron chi connectivity index (χ2n) is 13.7. The highest BCUT2D eigenvalue weighted by Gasteiger charge is 2.37. The highest BCUT2D eigenvalue weighted by molar-refractivity contribution is 5.99. The number of nitrogens with one attached hydrogen (secondary N) is 1. The van der Waals surface area contributed by atoms with Crippen molar-refractivity contribution in [1.29, 1.82) is 0 Å². The van der Waals surface area contributed by atoms with E-state index in [1.165, 1.54) is 17.7 Å². The number of aromatic nitrogens is 2. The van der Waals surface area contributed by atoms with Gasteiger partial charge in [0.15, 0.2) is 0 Å². The number of carbonyl (C=O) groups excluding carboxylic acids is 2. The zero-order chi connectivity index (χ0) is 35.9. The SMILES string of the molecule is CC(C)=CCC/C(C)=C/COc1ccc(-c2noc([C@@H]3CCCN3/C(=N/C(=O)OC(C)(C)C)NC(=O)OC(C)(C)C)n2)cc1C(F)(F)F. The number of likely N-dealkylation sites (tertiary alicyclic amines) is 1. The molecule has 2 aromatic rings. The molecule has 0 spiro atoms. The smallest absolute Gasteiger partial charge is 0.437 e. The predicted octanol–water partition coefficient (Wildman–Crippen LogP) is 8.78. The molecule has 0 unspecified atom stereocenters. The number of amides is 2. The van der Waals surface area contributed by atoms with Crippen LogP contribution in [0.2, 0.25) is 0 Å². The Hall–Kier alpha value is -4.36. The lowest BCUT2D eigenvalue weighted by molar-refractivity contribution is -0.138. The number of benzene rings is 1. The summed E-state index contributed by atoms with van der Waals surface area (Å²) in [4.78, 5) is 35.3. The van der Waals surface area contributed by atoms with Crippen LogP contribution in [0.25, 0.3) is 11.4 Å². The molecule has 1 N–H and O–H groups in total. The molecule has 0 aliphatic carbocycles. The average molecular weight is 678 g/mol. The molecule has 2 heterocycles. The van der Waals surface area contributed by atoms with Crippen LogP contribution >= 0.6 is 0 Å². The maximum absolute atomic E-state index is 14.1. The fourth-order valence-corrected chi connectivity index (χ4v) is 4.68. The Morgan fingerprint density at radius 2 is 1.75 bits per heavy atom. The van der Waals surface area contributed by atoms with Crippen molar-refractivity contribution in [2.24, 2.45) is 4.99 Å². The summed E-state index contributed by atoms with van der Waals surface area (Å²) in [5, 5.41) is 6.46. The van der Waals surface area contributed by atoms with Crippen molar-refractivity contribution in [2.45, 2.75) is 111 Å². The van der Waals surface area contributed by atoms with E-state index in [1.807, 2.05) is 20.8 Å². The fourth-order valence-electron chi connectivity index (χ4n) is 4.68. The van der Waals surface area contributed by atoms with Crippen molar-refractivity contribution < 1.29 is 41.5 Å². The Morgan fingerprint density at radius 1 is 1.06 bits per heavy atom. The van der Waals surface area contributed by atoms with Crippen LogP contribution in [-0.4, -0.2) is 57.5 Å². The van der Waals surface area contributed by atoms with Gasteiger partial charge in [-0.25, -0.2) is 9.59 Å². The van der Waals surface area contributed by atoms with Crippen molar-refractivity contribution in [3.05, 3.63) is 53.0 Å². The summed E-state index contributed by atoms with van der Waals surface area (Å²) in [6.45, 7) is 16.3. The van der Waals surface area contributed by atoms with Gasteiger partial charge in [-0.3, -0.25) is 5.32 Å². The zero-order valence-electron chi connectivity index (χ0n) is 29.1. The Labute approximate surface area is 279 Å². The molecule has 0 saturated carbocycles. The maximum atomic E-state index is 14.1. The number of ether oxygens (including phenoxy) is 3. The third kappa shape index (κ3) is 12.0. The molecule has 3 rings (SSSR count). The molecule has 1 aromatic carbocycles. The van der Waals surface area contributed by atoms with Gasteiger partial charge in [-0.2, -0.15) is 18.2 Å². The Balaban J connectivity index is 1.86. The third-order valence-electron chi connectivity index (χ3n) is 6.76. The van der Waals surface area contributed by atoms with Gasteiger partial charge < -0.3 is 23.6 Å². The van der Waals surface area contributed by atoms with E-state index >= 15 is 0 Å². The van der Waals surface area contributed by atoms with Crippen molar-refractivity contribution in [3.63, 3.8) is 0 Å². The molecule has 1 aliphatic rings. The summed E-state index contributed by atoms with van der Waals surface area (Å²) in [6.07, 6.45) is 0.0575. The number of nitrogens with zero attached hydrogens (tertiary/aromatic N) is 4. The van der Waals surface area contributed by atoms with Crippen LogP contribution in [0, 0.1) is 0 Å². The molecule has 2 amide bonds. The first-order chi connectivity index (χ1) is 22.2. The molecule has 1 aromatic heterocycles. The molecular formula is C34H46F3N5O6. The van der Waals surface area contributed by atoms with E-state index in [-0.39, 0.29) is 35.6 Å². The minimum Gasteiger partial charge on any atom is -0.489 e. The fraction of sp³-hybridized carbons (Fsp3) is 0.559. The predicted molar refractivity (Wildman–Crippen MR) is 174 cm³/mol. The molecule has 0 bridgehead atoms. The van der Waals surface area contributed by atoms with E-state index < -0.39 is 41.2 Å². The second kappa shape index (κ2) is 15.7. The van der Waals surface area contributed by atoms with Crippen molar-refractivity contribution in [1.82, 2.24) is 20.4 Å². The number of hydrogen-bond acceptors (Lipinski definition) is 8. The van der Waals surface area contributed by atoms with Gasteiger partial charge >= 0.3 is 18.4 Å². The summed E-state index contributed by atoms with van der Waals surface area (Å²) in [7, 11) is 0. The molecule has 264 valence electrons. The molecule has 0 radical (unpaired) electrons. The number of allylic oxidation sites excluding steroid dienone is 3. The van der Waals surface area contributed by atoms with Crippen molar-refractivity contribution in [2.75, 3.05) is 13.2 Å².